The molecule has 0 aliphatic carbocycles. The summed E-state index contributed by atoms with van der Waals surface area (Å²) in [4.78, 5) is 4.40. The molecule has 21 heavy (non-hydrogen) atoms. The van der Waals surface area contributed by atoms with Crippen LogP contribution in [0.25, 0.3) is 11.0 Å². The van der Waals surface area contributed by atoms with Crippen molar-refractivity contribution in [2.24, 2.45) is 0 Å². The van der Waals surface area contributed by atoms with E-state index in [-0.39, 0.29) is 11.5 Å². The molecule has 0 saturated carbocycles. The average molecular weight is 309 g/mol. The number of aromatic nitrogens is 2. The smallest absolute Gasteiger partial charge is 0.152 e. The van der Waals surface area contributed by atoms with Gasteiger partial charge >= 0.3 is 0 Å². The lowest BCUT2D eigenvalue weighted by Gasteiger charge is -2.05. The van der Waals surface area contributed by atoms with Crippen LogP contribution in [0.5, 0.6) is 0 Å². The summed E-state index contributed by atoms with van der Waals surface area (Å²) in [6, 6.07) is 3.95. The molecule has 2 aromatic heterocycles. The number of aryl methyl sites for hydroxylation is 1. The lowest BCUT2D eigenvalue weighted by atomic mass is 10.2. The molecule has 0 bridgehead atoms. The fraction of sp³-hybridized carbons (Fsp3) is 0.533. The van der Waals surface area contributed by atoms with Crippen LogP contribution in [0.3, 0.4) is 0 Å². The van der Waals surface area contributed by atoms with Crippen molar-refractivity contribution in [2.75, 3.05) is 18.1 Å². The quantitative estimate of drug-likeness (QED) is 0.810. The molecule has 0 saturated heterocycles. The summed E-state index contributed by atoms with van der Waals surface area (Å²) in [5.41, 5.74) is 2.02. The van der Waals surface area contributed by atoms with E-state index in [9.17, 15) is 8.42 Å². The van der Waals surface area contributed by atoms with Crippen LogP contribution >= 0.6 is 0 Å². The topological polar surface area (TPSA) is 64.0 Å². The number of pyridine rings is 1. The normalized spacial score (nSPS) is 12.1. The molecule has 0 radical (unpaired) electrons. The van der Waals surface area contributed by atoms with Crippen molar-refractivity contribution in [3.05, 3.63) is 30.1 Å². The van der Waals surface area contributed by atoms with E-state index in [1.807, 2.05) is 29.8 Å². The molecule has 6 heteroatoms. The molecule has 116 valence electrons. The number of sulfone groups is 1. The first kappa shape index (κ1) is 16.0. The van der Waals surface area contributed by atoms with Crippen LogP contribution in [0.4, 0.5) is 0 Å². The number of hydrogen-bond acceptors (Lipinski definition) is 4. The van der Waals surface area contributed by atoms with Gasteiger partial charge in [-0.05, 0) is 30.7 Å². The van der Waals surface area contributed by atoms with Gasteiger partial charge in [0.15, 0.2) is 9.84 Å². The molecule has 2 aromatic rings. The maximum Gasteiger partial charge on any atom is 0.152 e. The Balaban J connectivity index is 2.23. The number of nitrogens with one attached hydrogen (secondary N) is 1. The second-order valence-corrected chi connectivity index (χ2v) is 7.46. The van der Waals surface area contributed by atoms with Crippen molar-refractivity contribution in [1.82, 2.24) is 14.9 Å². The Morgan fingerprint density at radius 1 is 1.29 bits per heavy atom. The molecule has 0 spiro atoms. The van der Waals surface area contributed by atoms with Crippen LogP contribution in [0, 0.1) is 0 Å². The largest absolute Gasteiger partial charge is 0.331 e. The number of hydrogen-bond donors (Lipinski definition) is 1. The van der Waals surface area contributed by atoms with E-state index in [0.29, 0.717) is 13.0 Å². The van der Waals surface area contributed by atoms with Gasteiger partial charge in [-0.2, -0.15) is 0 Å². The third kappa shape index (κ3) is 4.04. The van der Waals surface area contributed by atoms with Crippen LogP contribution < -0.4 is 5.32 Å². The molecule has 0 atom stereocenters. The Morgan fingerprint density at radius 2 is 2.10 bits per heavy atom. The van der Waals surface area contributed by atoms with E-state index in [1.54, 1.807) is 6.20 Å². The van der Waals surface area contributed by atoms with Crippen LogP contribution in [-0.4, -0.2) is 36.0 Å². The average Bonchev–Trinajstić information content (AvgIpc) is 2.81. The van der Waals surface area contributed by atoms with Gasteiger partial charge in [0.05, 0.1) is 5.75 Å². The highest BCUT2D eigenvalue weighted by atomic mass is 32.2. The van der Waals surface area contributed by atoms with Crippen molar-refractivity contribution in [1.29, 1.82) is 0 Å². The van der Waals surface area contributed by atoms with E-state index >= 15 is 0 Å². The lowest BCUT2D eigenvalue weighted by Crippen LogP contribution is -2.15. The summed E-state index contributed by atoms with van der Waals surface area (Å²) in [7, 11) is -2.97. The molecule has 0 amide bonds. The molecule has 0 aliphatic heterocycles. The van der Waals surface area contributed by atoms with Gasteiger partial charge in [-0.25, -0.2) is 13.4 Å². The minimum absolute atomic E-state index is 0.168. The minimum Gasteiger partial charge on any atom is -0.331 e. The minimum atomic E-state index is -2.97. The van der Waals surface area contributed by atoms with Gasteiger partial charge in [-0.3, -0.25) is 0 Å². The number of fused-ring (bicyclic) bond motifs is 1. The second kappa shape index (κ2) is 7.04. The summed E-state index contributed by atoms with van der Waals surface area (Å²) in [6.45, 7) is 6.08. The SMILES string of the molecule is CCCS(=O)(=O)CCn1cc(CNCC)c2cccnc21. The van der Waals surface area contributed by atoms with Crippen molar-refractivity contribution in [3.8, 4) is 0 Å². The Hall–Kier alpha value is -1.40. The highest BCUT2D eigenvalue weighted by molar-refractivity contribution is 7.91. The maximum absolute atomic E-state index is 11.9. The van der Waals surface area contributed by atoms with Crippen molar-refractivity contribution in [3.63, 3.8) is 0 Å². The fourth-order valence-corrected chi connectivity index (χ4v) is 3.72. The molecule has 2 rings (SSSR count). The van der Waals surface area contributed by atoms with Gasteiger partial charge in [0.25, 0.3) is 0 Å². The van der Waals surface area contributed by atoms with E-state index in [2.05, 4.69) is 17.2 Å². The molecular formula is C15H23N3O2S. The lowest BCUT2D eigenvalue weighted by molar-refractivity contribution is 0.588. The molecule has 0 fully saturated rings. The highest BCUT2D eigenvalue weighted by Gasteiger charge is 2.13. The van der Waals surface area contributed by atoms with Crippen LogP contribution in [0.1, 0.15) is 25.8 Å². The summed E-state index contributed by atoms with van der Waals surface area (Å²) >= 11 is 0. The molecule has 0 aromatic carbocycles. The Bertz CT molecular complexity index is 692. The van der Waals surface area contributed by atoms with Crippen LogP contribution in [-0.2, 0) is 22.9 Å². The standard InChI is InChI=1S/C15H23N3O2S/c1-3-9-21(19,20)10-8-18-12-13(11-16-4-2)14-6-5-7-17-15(14)18/h5-7,12,16H,3-4,8-11H2,1-2H3. The van der Waals surface area contributed by atoms with E-state index in [0.717, 1.165) is 29.7 Å². The third-order valence-corrected chi connectivity index (χ3v) is 5.27. The van der Waals surface area contributed by atoms with Crippen molar-refractivity contribution in [2.45, 2.75) is 33.4 Å². The Kier molecular flexibility index (Phi) is 5.36. The third-order valence-electron chi connectivity index (χ3n) is 3.44. The highest BCUT2D eigenvalue weighted by Crippen LogP contribution is 2.19. The number of nitrogens with zero attached hydrogens (tertiary/aromatic N) is 2. The first-order valence-electron chi connectivity index (χ1n) is 7.41. The zero-order chi connectivity index (χ0) is 15.3. The second-order valence-electron chi connectivity index (χ2n) is 5.15. The van der Waals surface area contributed by atoms with E-state index < -0.39 is 9.84 Å². The zero-order valence-corrected chi connectivity index (χ0v) is 13.5. The number of rotatable bonds is 8. The van der Waals surface area contributed by atoms with Gasteiger partial charge in [-0.15, -0.1) is 0 Å². The molecule has 0 unspecified atom stereocenters. The van der Waals surface area contributed by atoms with E-state index in [4.69, 9.17) is 0 Å². The summed E-state index contributed by atoms with van der Waals surface area (Å²) in [5.74, 6) is 0.422. The van der Waals surface area contributed by atoms with Crippen LogP contribution in [0.2, 0.25) is 0 Å². The van der Waals surface area contributed by atoms with Crippen molar-refractivity contribution < 1.29 is 8.42 Å². The van der Waals surface area contributed by atoms with Gasteiger partial charge < -0.3 is 9.88 Å². The predicted molar refractivity (Wildman–Crippen MR) is 86.1 cm³/mol. The summed E-state index contributed by atoms with van der Waals surface area (Å²) < 4.78 is 25.7. The van der Waals surface area contributed by atoms with Gasteiger partial charge in [0, 0.05) is 36.6 Å². The maximum atomic E-state index is 11.9. The first-order chi connectivity index (χ1) is 10.1. The summed E-state index contributed by atoms with van der Waals surface area (Å²) in [5, 5.41) is 4.39. The molecule has 2 heterocycles. The van der Waals surface area contributed by atoms with Crippen molar-refractivity contribution >= 4 is 20.9 Å². The summed E-state index contributed by atoms with van der Waals surface area (Å²) in [6.07, 6.45) is 4.43. The van der Waals surface area contributed by atoms with Gasteiger partial charge in [0.2, 0.25) is 0 Å². The molecule has 1 N–H and O–H groups in total. The fourth-order valence-electron chi connectivity index (χ4n) is 2.42. The van der Waals surface area contributed by atoms with Crippen LogP contribution in [0.15, 0.2) is 24.5 Å². The van der Waals surface area contributed by atoms with Gasteiger partial charge in [-0.1, -0.05) is 13.8 Å². The monoisotopic (exact) mass is 309 g/mol. The zero-order valence-electron chi connectivity index (χ0n) is 12.7. The Morgan fingerprint density at radius 3 is 2.81 bits per heavy atom. The first-order valence-corrected chi connectivity index (χ1v) is 9.23. The molecular weight excluding hydrogens is 286 g/mol. The Labute approximate surface area is 126 Å². The van der Waals surface area contributed by atoms with E-state index in [1.165, 1.54) is 0 Å². The molecule has 5 nitrogen and oxygen atoms in total. The predicted octanol–water partition coefficient (Wildman–Crippen LogP) is 1.97. The van der Waals surface area contributed by atoms with Gasteiger partial charge in [0.1, 0.15) is 5.65 Å². The molecule has 0 aliphatic rings.